The van der Waals surface area contributed by atoms with Gasteiger partial charge in [-0.25, -0.2) is 4.79 Å². The summed E-state index contributed by atoms with van der Waals surface area (Å²) in [6, 6.07) is 13.4. The Labute approximate surface area is 190 Å². The van der Waals surface area contributed by atoms with E-state index in [1.165, 1.54) is 11.1 Å². The van der Waals surface area contributed by atoms with Crippen LogP contribution >= 0.6 is 0 Å². The molecule has 4 nitrogen and oxygen atoms in total. The summed E-state index contributed by atoms with van der Waals surface area (Å²) in [5, 5.41) is 30.8. The number of carboxylic acid groups (broad SMARTS) is 1. The number of aromatic carboxylic acids is 1. The summed E-state index contributed by atoms with van der Waals surface area (Å²) in [6.45, 7) is 2.16. The third kappa shape index (κ3) is 4.67. The van der Waals surface area contributed by atoms with Crippen molar-refractivity contribution in [3.05, 3.63) is 71.3 Å². The van der Waals surface area contributed by atoms with Gasteiger partial charge in [-0.15, -0.1) is 0 Å². The van der Waals surface area contributed by atoms with E-state index < -0.39 is 18.2 Å². The van der Waals surface area contributed by atoms with Crippen LogP contribution in [0.3, 0.4) is 0 Å². The van der Waals surface area contributed by atoms with E-state index >= 15 is 0 Å². The highest BCUT2D eigenvalue weighted by Crippen LogP contribution is 2.47. The fourth-order valence-electron chi connectivity index (χ4n) is 5.75. The van der Waals surface area contributed by atoms with Gasteiger partial charge in [0.05, 0.1) is 17.8 Å². The van der Waals surface area contributed by atoms with E-state index in [0.717, 1.165) is 56.1 Å². The van der Waals surface area contributed by atoms with Crippen LogP contribution in [0.4, 0.5) is 0 Å². The van der Waals surface area contributed by atoms with Gasteiger partial charge in [-0.05, 0) is 65.8 Å². The van der Waals surface area contributed by atoms with Crippen LogP contribution < -0.4 is 0 Å². The minimum Gasteiger partial charge on any atom is -0.478 e. The lowest BCUT2D eigenvalue weighted by Crippen LogP contribution is -2.26. The standard InChI is InChI=1S/C28H34O4/c1-2-3-4-9-20(29)13-14-23-26-15-18-8-7-12-22(25(18)16-19(26)17-27(23)30)21-10-5-6-11-24(21)28(31)32/h5-8,10-14,19-20,23,26-27,29-30H,2-4,9,15-17H2,1H3,(H,31,32)/b14-13+/t19-,20-,23+,26-,27+/m0/s1. The molecular weight excluding hydrogens is 400 g/mol. The Bertz CT molecular complexity index is 979. The third-order valence-electron chi connectivity index (χ3n) is 7.39. The van der Waals surface area contributed by atoms with Gasteiger partial charge in [-0.2, -0.15) is 0 Å². The van der Waals surface area contributed by atoms with E-state index in [9.17, 15) is 20.1 Å². The average molecular weight is 435 g/mol. The van der Waals surface area contributed by atoms with Gasteiger partial charge in [0.1, 0.15) is 0 Å². The number of carboxylic acids is 1. The van der Waals surface area contributed by atoms with Crippen LogP contribution in [0, 0.1) is 17.8 Å². The molecule has 2 aliphatic carbocycles. The summed E-state index contributed by atoms with van der Waals surface area (Å²) < 4.78 is 0. The molecule has 0 radical (unpaired) electrons. The van der Waals surface area contributed by atoms with Gasteiger partial charge in [0.15, 0.2) is 0 Å². The molecule has 4 heteroatoms. The molecular formula is C28H34O4. The van der Waals surface area contributed by atoms with E-state index in [0.29, 0.717) is 17.4 Å². The molecule has 1 saturated carbocycles. The zero-order valence-electron chi connectivity index (χ0n) is 18.8. The molecule has 0 unspecified atom stereocenters. The van der Waals surface area contributed by atoms with Crippen molar-refractivity contribution in [2.45, 2.75) is 64.1 Å². The number of fused-ring (bicyclic) bond motifs is 2. The molecule has 4 rings (SSSR count). The molecule has 2 aliphatic rings. The molecule has 32 heavy (non-hydrogen) atoms. The van der Waals surface area contributed by atoms with Crippen molar-refractivity contribution < 1.29 is 20.1 Å². The summed E-state index contributed by atoms with van der Waals surface area (Å²) in [7, 11) is 0. The first-order chi connectivity index (χ1) is 15.5. The summed E-state index contributed by atoms with van der Waals surface area (Å²) >= 11 is 0. The van der Waals surface area contributed by atoms with Crippen molar-refractivity contribution in [3.63, 3.8) is 0 Å². The third-order valence-corrected chi connectivity index (χ3v) is 7.39. The second-order valence-corrected chi connectivity index (χ2v) is 9.45. The minimum absolute atomic E-state index is 0.0592. The van der Waals surface area contributed by atoms with Crippen LogP contribution in [-0.4, -0.2) is 33.5 Å². The second kappa shape index (κ2) is 10.0. The zero-order valence-corrected chi connectivity index (χ0v) is 18.8. The molecule has 0 aliphatic heterocycles. The highest BCUT2D eigenvalue weighted by molar-refractivity contribution is 5.96. The molecule has 1 fully saturated rings. The number of aliphatic hydroxyl groups is 2. The van der Waals surface area contributed by atoms with Crippen molar-refractivity contribution in [3.8, 4) is 11.1 Å². The molecule has 0 bridgehead atoms. The van der Waals surface area contributed by atoms with Crippen LogP contribution in [-0.2, 0) is 12.8 Å². The molecule has 0 amide bonds. The van der Waals surface area contributed by atoms with Gasteiger partial charge in [0, 0.05) is 5.92 Å². The Morgan fingerprint density at radius 3 is 2.66 bits per heavy atom. The first kappa shape index (κ1) is 22.8. The summed E-state index contributed by atoms with van der Waals surface area (Å²) in [5.74, 6) is -0.140. The van der Waals surface area contributed by atoms with Crippen LogP contribution in [0.5, 0.6) is 0 Å². The van der Waals surface area contributed by atoms with Crippen LogP contribution in [0.15, 0.2) is 54.6 Å². The second-order valence-electron chi connectivity index (χ2n) is 9.45. The SMILES string of the molecule is CCCCC[C@H](O)/C=C/[C@@H]1[C@H]2Cc3cccc(-c4ccccc4C(=O)O)c3C[C@H]2C[C@H]1O. The Hall–Kier alpha value is -2.43. The van der Waals surface area contributed by atoms with Gasteiger partial charge in [0.2, 0.25) is 0 Å². The van der Waals surface area contributed by atoms with Gasteiger partial charge >= 0.3 is 5.97 Å². The van der Waals surface area contributed by atoms with Crippen molar-refractivity contribution in [2.75, 3.05) is 0 Å². The van der Waals surface area contributed by atoms with Gasteiger partial charge < -0.3 is 15.3 Å². The molecule has 2 aromatic carbocycles. The summed E-state index contributed by atoms with van der Waals surface area (Å²) in [6.07, 6.45) is 9.65. The lowest BCUT2D eigenvalue weighted by molar-refractivity contribution is 0.0697. The minimum atomic E-state index is -0.911. The molecule has 0 heterocycles. The van der Waals surface area contributed by atoms with Crippen LogP contribution in [0.2, 0.25) is 0 Å². The van der Waals surface area contributed by atoms with Crippen LogP contribution in [0.1, 0.15) is 60.5 Å². The maximum absolute atomic E-state index is 11.8. The Kier molecular flexibility index (Phi) is 7.12. The summed E-state index contributed by atoms with van der Waals surface area (Å²) in [4.78, 5) is 11.8. The average Bonchev–Trinajstić information content (AvgIpc) is 3.09. The van der Waals surface area contributed by atoms with Crippen molar-refractivity contribution >= 4 is 5.97 Å². The quantitative estimate of drug-likeness (QED) is 0.391. The van der Waals surface area contributed by atoms with E-state index in [1.54, 1.807) is 12.1 Å². The zero-order chi connectivity index (χ0) is 22.7. The fourth-order valence-corrected chi connectivity index (χ4v) is 5.75. The number of hydrogen-bond acceptors (Lipinski definition) is 3. The molecule has 170 valence electrons. The molecule has 2 aromatic rings. The van der Waals surface area contributed by atoms with Gasteiger partial charge in [-0.1, -0.05) is 74.7 Å². The van der Waals surface area contributed by atoms with Gasteiger partial charge in [0.25, 0.3) is 0 Å². The highest BCUT2D eigenvalue weighted by atomic mass is 16.4. The van der Waals surface area contributed by atoms with E-state index in [2.05, 4.69) is 19.1 Å². The monoisotopic (exact) mass is 434 g/mol. The smallest absolute Gasteiger partial charge is 0.336 e. The van der Waals surface area contributed by atoms with Crippen LogP contribution in [0.25, 0.3) is 11.1 Å². The van der Waals surface area contributed by atoms with Crippen molar-refractivity contribution in [1.82, 2.24) is 0 Å². The number of carbonyl (C=O) groups is 1. The number of unbranched alkanes of at least 4 members (excludes halogenated alkanes) is 2. The van der Waals surface area contributed by atoms with E-state index in [-0.39, 0.29) is 5.92 Å². The largest absolute Gasteiger partial charge is 0.478 e. The van der Waals surface area contributed by atoms with Crippen molar-refractivity contribution in [1.29, 1.82) is 0 Å². The maximum atomic E-state index is 11.8. The predicted molar refractivity (Wildman–Crippen MR) is 127 cm³/mol. The first-order valence-electron chi connectivity index (χ1n) is 12.0. The maximum Gasteiger partial charge on any atom is 0.336 e. The number of hydrogen-bond donors (Lipinski definition) is 3. The topological polar surface area (TPSA) is 77.8 Å². The summed E-state index contributed by atoms with van der Waals surface area (Å²) in [5.41, 5.74) is 4.56. The Balaban J connectivity index is 1.57. The van der Waals surface area contributed by atoms with Gasteiger partial charge in [-0.3, -0.25) is 0 Å². The fraction of sp³-hybridized carbons (Fsp3) is 0.464. The van der Waals surface area contributed by atoms with E-state index in [1.807, 2.05) is 30.3 Å². The Morgan fingerprint density at radius 2 is 1.88 bits per heavy atom. The predicted octanol–water partition coefficient (Wildman–Crippen LogP) is 5.26. The Morgan fingerprint density at radius 1 is 1.09 bits per heavy atom. The number of rotatable bonds is 8. The molecule has 0 saturated heterocycles. The normalized spacial score (nSPS) is 25.5. The molecule has 0 spiro atoms. The number of aliphatic hydroxyl groups excluding tert-OH is 2. The van der Waals surface area contributed by atoms with E-state index in [4.69, 9.17) is 0 Å². The first-order valence-corrected chi connectivity index (χ1v) is 12.0. The molecule has 5 atom stereocenters. The number of benzene rings is 2. The molecule has 3 N–H and O–H groups in total. The molecule has 0 aromatic heterocycles. The highest BCUT2D eigenvalue weighted by Gasteiger charge is 2.44. The lowest BCUT2D eigenvalue weighted by Gasteiger charge is -2.32. The van der Waals surface area contributed by atoms with Crippen molar-refractivity contribution in [2.24, 2.45) is 17.8 Å². The lowest BCUT2D eigenvalue weighted by atomic mass is 9.72.